The van der Waals surface area contributed by atoms with Crippen molar-refractivity contribution in [1.82, 2.24) is 9.78 Å². The van der Waals surface area contributed by atoms with Gasteiger partial charge in [-0.25, -0.2) is 4.68 Å². The molecule has 1 aliphatic rings. The maximum Gasteiger partial charge on any atom is 0.199 e. The van der Waals surface area contributed by atoms with Crippen LogP contribution in [0.1, 0.15) is 19.5 Å². The van der Waals surface area contributed by atoms with Crippen LogP contribution in [0.25, 0.3) is 0 Å². The summed E-state index contributed by atoms with van der Waals surface area (Å²) in [6.07, 6.45) is 0.673. The molecule has 1 atom stereocenters. The van der Waals surface area contributed by atoms with Crippen molar-refractivity contribution in [3.63, 3.8) is 0 Å². The molecule has 0 aliphatic carbocycles. The molecule has 0 bridgehead atoms. The lowest BCUT2D eigenvalue weighted by Crippen LogP contribution is -2.10. The van der Waals surface area contributed by atoms with Crippen LogP contribution in [-0.2, 0) is 0 Å². The molecule has 82 valence electrons. The number of azo groups is 1. The van der Waals surface area contributed by atoms with Gasteiger partial charge in [-0.3, -0.25) is 0 Å². The maximum absolute atomic E-state index is 5.91. The molecule has 1 aliphatic heterocycles. The summed E-state index contributed by atoms with van der Waals surface area (Å²) in [5.74, 6) is 1.61. The highest BCUT2D eigenvalue weighted by Crippen LogP contribution is 2.39. The van der Waals surface area contributed by atoms with E-state index in [1.807, 2.05) is 0 Å². The second-order valence-corrected chi connectivity index (χ2v) is 4.45. The summed E-state index contributed by atoms with van der Waals surface area (Å²) in [4.78, 5) is 0. The van der Waals surface area contributed by atoms with Crippen molar-refractivity contribution in [2.45, 2.75) is 24.5 Å². The number of rotatable bonds is 4. The van der Waals surface area contributed by atoms with E-state index in [2.05, 4.69) is 22.3 Å². The van der Waals surface area contributed by atoms with Crippen molar-refractivity contribution < 1.29 is 0 Å². The number of nitrogens with zero attached hydrogens (tertiary/aromatic N) is 4. The normalized spacial score (nSPS) is 18.4. The van der Waals surface area contributed by atoms with Crippen LogP contribution in [0.5, 0.6) is 0 Å². The molecule has 2 rings (SSSR count). The van der Waals surface area contributed by atoms with Gasteiger partial charge in [0, 0.05) is 6.42 Å². The number of anilines is 1. The molecule has 1 aromatic heterocycles. The first-order chi connectivity index (χ1) is 7.27. The Morgan fingerprint density at radius 2 is 2.33 bits per heavy atom. The fourth-order valence-electron chi connectivity index (χ4n) is 1.47. The predicted octanol–water partition coefficient (Wildman–Crippen LogP) is 1.52. The third-order valence-corrected chi connectivity index (χ3v) is 3.02. The van der Waals surface area contributed by atoms with Gasteiger partial charge in [-0.15, -0.1) is 16.9 Å². The van der Waals surface area contributed by atoms with Gasteiger partial charge >= 0.3 is 0 Å². The quantitative estimate of drug-likeness (QED) is 0.761. The largest absolute Gasteiger partial charge is 0.393 e. The van der Waals surface area contributed by atoms with Crippen molar-refractivity contribution in [3.05, 3.63) is 0 Å². The van der Waals surface area contributed by atoms with Gasteiger partial charge in [0.25, 0.3) is 0 Å². The minimum absolute atomic E-state index is 0.0708. The van der Waals surface area contributed by atoms with Gasteiger partial charge in [0.2, 0.25) is 0 Å². The van der Waals surface area contributed by atoms with Crippen molar-refractivity contribution in [3.8, 4) is 0 Å². The molecular formula is C8H14N6S. The summed E-state index contributed by atoms with van der Waals surface area (Å²) in [6.45, 7) is 2.63. The number of aromatic nitrogens is 2. The van der Waals surface area contributed by atoms with Crippen LogP contribution in [0.2, 0.25) is 0 Å². The summed E-state index contributed by atoms with van der Waals surface area (Å²) in [6, 6.07) is 0. The molecule has 0 spiro atoms. The first-order valence-electron chi connectivity index (χ1n) is 4.89. The fourth-order valence-corrected chi connectivity index (χ4v) is 2.13. The summed E-state index contributed by atoms with van der Waals surface area (Å²) < 4.78 is 1.76. The molecule has 6 nitrogen and oxygen atoms in total. The third-order valence-electron chi connectivity index (χ3n) is 2.16. The lowest BCUT2D eigenvalue weighted by atomic mass is 10.3. The molecule has 0 saturated heterocycles. The monoisotopic (exact) mass is 226 g/mol. The van der Waals surface area contributed by atoms with E-state index in [1.54, 1.807) is 16.4 Å². The van der Waals surface area contributed by atoms with Crippen molar-refractivity contribution in [1.29, 1.82) is 0 Å². The lowest BCUT2D eigenvalue weighted by Gasteiger charge is -2.04. The number of hydrogen-bond acceptors (Lipinski definition) is 6. The van der Waals surface area contributed by atoms with Gasteiger partial charge in [-0.2, -0.15) is 10.2 Å². The molecular weight excluding hydrogens is 212 g/mol. The van der Waals surface area contributed by atoms with Crippen LogP contribution >= 0.6 is 11.8 Å². The average molecular weight is 226 g/mol. The predicted molar refractivity (Wildman–Crippen MR) is 60.3 cm³/mol. The van der Waals surface area contributed by atoms with E-state index in [1.165, 1.54) is 0 Å². The maximum atomic E-state index is 5.91. The first-order valence-corrected chi connectivity index (χ1v) is 5.88. The van der Waals surface area contributed by atoms with Crippen LogP contribution < -0.4 is 11.5 Å². The molecule has 0 aromatic carbocycles. The summed E-state index contributed by atoms with van der Waals surface area (Å²) in [5.41, 5.74) is 12.0. The Hall–Kier alpha value is -1.08. The minimum Gasteiger partial charge on any atom is -0.393 e. The van der Waals surface area contributed by atoms with E-state index in [-0.39, 0.29) is 6.17 Å². The van der Waals surface area contributed by atoms with Gasteiger partial charge in [-0.1, -0.05) is 6.92 Å². The van der Waals surface area contributed by atoms with E-state index >= 15 is 0 Å². The number of thioether (sulfide) groups is 1. The third kappa shape index (κ3) is 1.72. The Morgan fingerprint density at radius 3 is 3.00 bits per heavy atom. The van der Waals surface area contributed by atoms with Gasteiger partial charge in [-0.05, 0) is 12.3 Å². The van der Waals surface area contributed by atoms with E-state index in [4.69, 9.17) is 11.5 Å². The average Bonchev–Trinajstić information content (AvgIpc) is 2.73. The number of fused-ring (bicyclic) bond motifs is 1. The molecule has 4 N–H and O–H groups in total. The summed E-state index contributed by atoms with van der Waals surface area (Å²) in [7, 11) is 0. The zero-order valence-corrected chi connectivity index (χ0v) is 9.37. The van der Waals surface area contributed by atoms with Crippen molar-refractivity contribution in [2.75, 3.05) is 18.0 Å². The smallest absolute Gasteiger partial charge is 0.199 e. The molecule has 0 radical (unpaired) electrons. The molecule has 0 fully saturated rings. The van der Waals surface area contributed by atoms with Crippen LogP contribution in [0.15, 0.2) is 15.3 Å². The second kappa shape index (κ2) is 4.19. The number of nitrogens with two attached hydrogens (primary N) is 2. The minimum atomic E-state index is -0.0708. The van der Waals surface area contributed by atoms with Gasteiger partial charge in [0.15, 0.2) is 12.0 Å². The molecule has 0 amide bonds. The lowest BCUT2D eigenvalue weighted by molar-refractivity contribution is 0.460. The molecule has 7 heteroatoms. The molecule has 1 aromatic rings. The zero-order chi connectivity index (χ0) is 10.8. The Labute approximate surface area is 92.1 Å². The van der Waals surface area contributed by atoms with E-state index in [0.717, 1.165) is 17.2 Å². The number of hydrogen-bond donors (Lipinski definition) is 2. The van der Waals surface area contributed by atoms with Crippen molar-refractivity contribution in [2.24, 2.45) is 16.0 Å². The summed E-state index contributed by atoms with van der Waals surface area (Å²) in [5, 5.41) is 13.3. The molecule has 1 unspecified atom stereocenters. The topological polar surface area (TPSA) is 94.6 Å². The van der Waals surface area contributed by atoms with E-state index < -0.39 is 0 Å². The van der Waals surface area contributed by atoms with Crippen LogP contribution in [-0.4, -0.2) is 22.1 Å². The Balaban J connectivity index is 2.29. The highest BCUT2D eigenvalue weighted by molar-refractivity contribution is 7.99. The van der Waals surface area contributed by atoms with Crippen LogP contribution in [0, 0.1) is 0 Å². The Morgan fingerprint density at radius 1 is 1.53 bits per heavy atom. The fraction of sp³-hybridized carbons (Fsp3) is 0.625. The Bertz CT molecular complexity index is 385. The van der Waals surface area contributed by atoms with Crippen LogP contribution in [0.4, 0.5) is 11.5 Å². The Kier molecular flexibility index (Phi) is 2.92. The summed E-state index contributed by atoms with van der Waals surface area (Å²) >= 11 is 1.62. The van der Waals surface area contributed by atoms with Gasteiger partial charge < -0.3 is 11.5 Å². The second-order valence-electron chi connectivity index (χ2n) is 3.19. The SMILES string of the molecule is CCSc1nn2c(c1N)N=NC2CCN. The molecule has 15 heavy (non-hydrogen) atoms. The zero-order valence-electron chi connectivity index (χ0n) is 8.55. The number of nitrogen functional groups attached to an aromatic ring is 1. The molecule has 2 heterocycles. The van der Waals surface area contributed by atoms with E-state index in [0.29, 0.717) is 18.1 Å². The van der Waals surface area contributed by atoms with Gasteiger partial charge in [0.1, 0.15) is 10.7 Å². The highest BCUT2D eigenvalue weighted by Gasteiger charge is 2.25. The highest BCUT2D eigenvalue weighted by atomic mass is 32.2. The van der Waals surface area contributed by atoms with Gasteiger partial charge in [0.05, 0.1) is 0 Å². The van der Waals surface area contributed by atoms with Crippen molar-refractivity contribution >= 4 is 23.3 Å². The van der Waals surface area contributed by atoms with Crippen LogP contribution in [0.3, 0.4) is 0 Å². The first kappa shape index (κ1) is 10.4. The standard InChI is InChI=1S/C8H14N6S/c1-2-15-8-6(10)7-12-11-5(3-4-9)14(7)13-8/h5H,2-4,9-10H2,1H3. The molecule has 0 saturated carbocycles. The van der Waals surface area contributed by atoms with E-state index in [9.17, 15) is 0 Å².